The lowest BCUT2D eigenvalue weighted by molar-refractivity contribution is -0.122. The zero-order valence-corrected chi connectivity index (χ0v) is 19.3. The fourth-order valence-corrected chi connectivity index (χ4v) is 4.74. The Hall–Kier alpha value is -1.15. The number of carbonyl (C=O) groups excluding carboxylic acids is 1. The van der Waals surface area contributed by atoms with Crippen LogP contribution in [0.4, 0.5) is 0 Å². The molecule has 0 aliphatic heterocycles. The lowest BCUT2D eigenvalue weighted by Gasteiger charge is -2.31. The minimum absolute atomic E-state index is 0. The van der Waals surface area contributed by atoms with Gasteiger partial charge < -0.3 is 11.1 Å². The highest BCUT2D eigenvalue weighted by Gasteiger charge is 2.25. The van der Waals surface area contributed by atoms with Gasteiger partial charge in [0, 0.05) is 31.6 Å². The Morgan fingerprint density at radius 2 is 1.71 bits per heavy atom. The summed E-state index contributed by atoms with van der Waals surface area (Å²) >= 11 is 0. The average Bonchev–Trinajstić information content (AvgIpc) is 2.60. The van der Waals surface area contributed by atoms with Crippen molar-refractivity contribution in [3.05, 3.63) is 29.8 Å². The molecule has 1 rings (SSSR count). The van der Waals surface area contributed by atoms with Gasteiger partial charge in [0.05, 0.1) is 4.90 Å². The Labute approximate surface area is 176 Å². The molecule has 0 heterocycles. The van der Waals surface area contributed by atoms with E-state index in [-0.39, 0.29) is 23.2 Å². The first-order chi connectivity index (χ1) is 12.6. The number of amides is 1. The number of hydrogen-bond acceptors (Lipinski definition) is 4. The molecule has 1 atom stereocenters. The number of carbonyl (C=O) groups is 1. The Balaban J connectivity index is 0.00000729. The van der Waals surface area contributed by atoms with Crippen LogP contribution in [0.3, 0.4) is 0 Å². The molecule has 0 aliphatic carbocycles. The van der Waals surface area contributed by atoms with Crippen molar-refractivity contribution in [2.45, 2.75) is 64.3 Å². The zero-order chi connectivity index (χ0) is 20.7. The number of benzene rings is 1. The molecule has 8 heteroatoms. The van der Waals surface area contributed by atoms with Gasteiger partial charge in [0.2, 0.25) is 15.9 Å². The molecule has 0 spiro atoms. The summed E-state index contributed by atoms with van der Waals surface area (Å²) in [5.41, 5.74) is 6.38. The van der Waals surface area contributed by atoms with Crippen LogP contribution in [0.2, 0.25) is 0 Å². The maximum atomic E-state index is 12.5. The molecule has 0 bridgehead atoms. The highest BCUT2D eigenvalue weighted by atomic mass is 35.5. The summed E-state index contributed by atoms with van der Waals surface area (Å²) in [6.07, 6.45) is 1.72. The fraction of sp³-hybridized carbons (Fsp3) is 0.650. The van der Waals surface area contributed by atoms with Crippen molar-refractivity contribution in [1.82, 2.24) is 9.62 Å². The molecule has 1 unspecified atom stereocenters. The van der Waals surface area contributed by atoms with Crippen LogP contribution in [0.25, 0.3) is 0 Å². The molecule has 1 amide bonds. The van der Waals surface area contributed by atoms with E-state index in [0.717, 1.165) is 12.0 Å². The zero-order valence-electron chi connectivity index (χ0n) is 17.7. The topological polar surface area (TPSA) is 92.5 Å². The van der Waals surface area contributed by atoms with Crippen molar-refractivity contribution >= 4 is 28.3 Å². The van der Waals surface area contributed by atoms with E-state index in [1.807, 2.05) is 20.8 Å². The van der Waals surface area contributed by atoms with E-state index in [1.54, 1.807) is 24.3 Å². The molecule has 0 aliphatic rings. The number of rotatable bonds is 11. The molecule has 0 radical (unpaired) electrons. The second kappa shape index (κ2) is 11.8. The van der Waals surface area contributed by atoms with Crippen LogP contribution in [-0.2, 0) is 21.2 Å². The van der Waals surface area contributed by atoms with Crippen molar-refractivity contribution in [3.8, 4) is 0 Å². The molecule has 28 heavy (non-hydrogen) atoms. The van der Waals surface area contributed by atoms with Gasteiger partial charge in [-0.3, -0.25) is 4.79 Å². The normalized spacial score (nSPS) is 13.9. The van der Waals surface area contributed by atoms with Gasteiger partial charge in [0.25, 0.3) is 0 Å². The van der Waals surface area contributed by atoms with Crippen molar-refractivity contribution in [2.75, 3.05) is 19.6 Å². The van der Waals surface area contributed by atoms with Crippen LogP contribution in [0.5, 0.6) is 0 Å². The van der Waals surface area contributed by atoms with E-state index >= 15 is 0 Å². The number of nitrogens with one attached hydrogen (secondary N) is 1. The third-order valence-corrected chi connectivity index (χ3v) is 6.72. The van der Waals surface area contributed by atoms with Gasteiger partial charge in [-0.2, -0.15) is 4.31 Å². The molecule has 1 aromatic rings. The highest BCUT2D eigenvalue weighted by Crippen LogP contribution is 2.18. The first-order valence-corrected chi connectivity index (χ1v) is 11.1. The Morgan fingerprint density at radius 3 is 2.14 bits per heavy atom. The smallest absolute Gasteiger partial charge is 0.243 e. The van der Waals surface area contributed by atoms with Gasteiger partial charge in [-0.05, 0) is 43.4 Å². The Bertz CT molecular complexity index is 704. The number of halogens is 1. The third-order valence-electron chi connectivity index (χ3n) is 4.66. The number of nitrogens with two attached hydrogens (primary N) is 1. The molecule has 0 fully saturated rings. The summed E-state index contributed by atoms with van der Waals surface area (Å²) in [7, 11) is -3.45. The van der Waals surface area contributed by atoms with E-state index in [2.05, 4.69) is 19.2 Å². The van der Waals surface area contributed by atoms with Gasteiger partial charge in [0.15, 0.2) is 0 Å². The van der Waals surface area contributed by atoms with Crippen molar-refractivity contribution < 1.29 is 13.2 Å². The lowest BCUT2D eigenvalue weighted by Crippen LogP contribution is -2.52. The maximum absolute atomic E-state index is 12.5. The summed E-state index contributed by atoms with van der Waals surface area (Å²) in [5, 5.41) is 3.04. The second-order valence-electron chi connectivity index (χ2n) is 7.64. The van der Waals surface area contributed by atoms with Crippen LogP contribution in [0.1, 0.15) is 53.0 Å². The maximum Gasteiger partial charge on any atom is 0.243 e. The molecule has 6 nitrogen and oxygen atoms in total. The minimum Gasteiger partial charge on any atom is -0.350 e. The average molecular weight is 434 g/mol. The number of aryl methyl sites for hydroxylation is 1. The van der Waals surface area contributed by atoms with Gasteiger partial charge in [-0.25, -0.2) is 8.42 Å². The highest BCUT2D eigenvalue weighted by molar-refractivity contribution is 7.89. The van der Waals surface area contributed by atoms with Crippen LogP contribution in [-0.4, -0.2) is 43.8 Å². The van der Waals surface area contributed by atoms with Crippen LogP contribution in [0, 0.1) is 5.92 Å². The van der Waals surface area contributed by atoms with Crippen LogP contribution < -0.4 is 11.1 Å². The Kier molecular flexibility index (Phi) is 11.3. The monoisotopic (exact) mass is 433 g/mol. The van der Waals surface area contributed by atoms with Gasteiger partial charge in [0.1, 0.15) is 0 Å². The molecule has 162 valence electrons. The largest absolute Gasteiger partial charge is 0.350 e. The summed E-state index contributed by atoms with van der Waals surface area (Å²) in [5.74, 6) is 0.405. The summed E-state index contributed by atoms with van der Waals surface area (Å²) in [6.45, 7) is 11.1. The van der Waals surface area contributed by atoms with E-state index in [0.29, 0.717) is 38.4 Å². The van der Waals surface area contributed by atoms with Crippen LogP contribution in [0.15, 0.2) is 29.2 Å². The molecule has 0 saturated heterocycles. The minimum atomic E-state index is -3.45. The van der Waals surface area contributed by atoms with Crippen molar-refractivity contribution in [2.24, 2.45) is 11.7 Å². The van der Waals surface area contributed by atoms with Gasteiger partial charge in [-0.1, -0.05) is 39.8 Å². The summed E-state index contributed by atoms with van der Waals surface area (Å²) in [4.78, 5) is 12.6. The van der Waals surface area contributed by atoms with E-state index in [9.17, 15) is 13.2 Å². The molecule has 0 saturated carbocycles. The SMILES string of the molecule is CCN(CC)S(=O)(=O)c1ccc(CCC(=O)NC(C)(CN)CC(C)C)cc1.Cl. The molecule has 0 aromatic heterocycles. The van der Waals surface area contributed by atoms with E-state index in [1.165, 1.54) is 4.31 Å². The van der Waals surface area contributed by atoms with E-state index < -0.39 is 15.6 Å². The lowest BCUT2D eigenvalue weighted by atomic mass is 9.90. The third kappa shape index (κ3) is 7.70. The first kappa shape index (κ1) is 26.9. The summed E-state index contributed by atoms with van der Waals surface area (Å²) in [6, 6.07) is 6.78. The first-order valence-electron chi connectivity index (χ1n) is 9.68. The molecular formula is C20H36ClN3O3S. The standard InChI is InChI=1S/C20H35N3O3S.ClH/c1-6-23(7-2)27(25,26)18-11-8-17(9-12-18)10-13-19(24)22-20(5,15-21)14-16(3)4;/h8-9,11-12,16H,6-7,10,13-15,21H2,1-5H3,(H,22,24);1H. The summed E-state index contributed by atoms with van der Waals surface area (Å²) < 4.78 is 26.4. The number of sulfonamides is 1. The molecular weight excluding hydrogens is 398 g/mol. The second-order valence-corrected chi connectivity index (χ2v) is 9.58. The quantitative estimate of drug-likeness (QED) is 0.561. The van der Waals surface area contributed by atoms with Crippen LogP contribution >= 0.6 is 12.4 Å². The van der Waals surface area contributed by atoms with Gasteiger partial charge in [-0.15, -0.1) is 12.4 Å². The van der Waals surface area contributed by atoms with Crippen molar-refractivity contribution in [1.29, 1.82) is 0 Å². The van der Waals surface area contributed by atoms with Crippen molar-refractivity contribution in [3.63, 3.8) is 0 Å². The number of hydrogen-bond donors (Lipinski definition) is 2. The molecule has 3 N–H and O–H groups in total. The predicted molar refractivity (Wildman–Crippen MR) is 117 cm³/mol. The number of nitrogens with zero attached hydrogens (tertiary/aromatic N) is 1. The fourth-order valence-electron chi connectivity index (χ4n) is 3.28. The molecule has 1 aromatic carbocycles. The van der Waals surface area contributed by atoms with Gasteiger partial charge >= 0.3 is 0 Å². The van der Waals surface area contributed by atoms with E-state index in [4.69, 9.17) is 5.73 Å². The predicted octanol–water partition coefficient (Wildman–Crippen LogP) is 2.95. The Morgan fingerprint density at radius 1 is 1.18 bits per heavy atom.